The summed E-state index contributed by atoms with van der Waals surface area (Å²) in [5.74, 6) is 1.47. The Labute approximate surface area is 113 Å². The van der Waals surface area contributed by atoms with Crippen LogP contribution in [0.4, 0.5) is 4.39 Å². The van der Waals surface area contributed by atoms with E-state index < -0.39 is 0 Å². The molecular formula is C14H22FNO3. The van der Waals surface area contributed by atoms with E-state index in [0.29, 0.717) is 26.2 Å². The molecular weight excluding hydrogens is 249 g/mol. The predicted molar refractivity (Wildman–Crippen MR) is 72.7 cm³/mol. The molecule has 1 aromatic rings. The van der Waals surface area contributed by atoms with Gasteiger partial charge in [0.15, 0.2) is 0 Å². The van der Waals surface area contributed by atoms with Crippen LogP contribution in [-0.2, 0) is 11.3 Å². The van der Waals surface area contributed by atoms with Gasteiger partial charge in [-0.1, -0.05) is 6.07 Å². The lowest BCUT2D eigenvalue weighted by molar-refractivity contribution is 0.199. The number of hydrogen-bond donors (Lipinski definition) is 1. The maximum Gasteiger partial charge on any atom is 0.127 e. The normalized spacial score (nSPS) is 10.5. The lowest BCUT2D eigenvalue weighted by Gasteiger charge is -2.13. The molecule has 1 aromatic carbocycles. The van der Waals surface area contributed by atoms with E-state index in [0.717, 1.165) is 23.6 Å². The first-order valence-electron chi connectivity index (χ1n) is 6.37. The number of alkyl halides is 1. The molecule has 0 fully saturated rings. The summed E-state index contributed by atoms with van der Waals surface area (Å²) in [5, 5.41) is 3.25. The summed E-state index contributed by atoms with van der Waals surface area (Å²) in [6.45, 7) is 2.11. The average Bonchev–Trinajstić information content (AvgIpc) is 2.45. The predicted octanol–water partition coefficient (Wildman–Crippen LogP) is 2.17. The smallest absolute Gasteiger partial charge is 0.127 e. The summed E-state index contributed by atoms with van der Waals surface area (Å²) >= 11 is 0. The molecule has 1 N–H and O–H groups in total. The van der Waals surface area contributed by atoms with Crippen molar-refractivity contribution in [2.24, 2.45) is 0 Å². The van der Waals surface area contributed by atoms with Gasteiger partial charge in [0, 0.05) is 38.2 Å². The Balaban J connectivity index is 2.60. The Morgan fingerprint density at radius 1 is 1.21 bits per heavy atom. The first kappa shape index (κ1) is 15.7. The minimum Gasteiger partial charge on any atom is -0.497 e. The van der Waals surface area contributed by atoms with Crippen molar-refractivity contribution in [1.29, 1.82) is 0 Å². The van der Waals surface area contributed by atoms with Crippen LogP contribution >= 0.6 is 0 Å². The van der Waals surface area contributed by atoms with Crippen LogP contribution < -0.4 is 14.8 Å². The van der Waals surface area contributed by atoms with Crippen molar-refractivity contribution in [3.05, 3.63) is 23.8 Å². The zero-order valence-corrected chi connectivity index (χ0v) is 11.6. The van der Waals surface area contributed by atoms with E-state index in [4.69, 9.17) is 14.2 Å². The number of ether oxygens (including phenoxy) is 3. The Morgan fingerprint density at radius 2 is 2.05 bits per heavy atom. The molecule has 0 unspecified atom stereocenters. The Hall–Kier alpha value is -1.33. The summed E-state index contributed by atoms with van der Waals surface area (Å²) in [5.41, 5.74) is 1.02. The second-order valence-electron chi connectivity index (χ2n) is 4.03. The second-order valence-corrected chi connectivity index (χ2v) is 4.03. The summed E-state index contributed by atoms with van der Waals surface area (Å²) in [7, 11) is 3.28. The van der Waals surface area contributed by atoms with E-state index in [9.17, 15) is 4.39 Å². The van der Waals surface area contributed by atoms with Crippen LogP contribution in [0.15, 0.2) is 18.2 Å². The minimum absolute atomic E-state index is 0.370. The van der Waals surface area contributed by atoms with Crippen molar-refractivity contribution in [2.75, 3.05) is 40.7 Å². The number of rotatable bonds is 10. The van der Waals surface area contributed by atoms with E-state index in [1.807, 2.05) is 18.2 Å². The van der Waals surface area contributed by atoms with E-state index in [1.54, 1.807) is 14.2 Å². The second kappa shape index (κ2) is 9.58. The number of nitrogens with one attached hydrogen (secondary N) is 1. The maximum atomic E-state index is 12.1. The summed E-state index contributed by atoms with van der Waals surface area (Å²) < 4.78 is 27.8. The maximum absolute atomic E-state index is 12.1. The standard InChI is InChI=1S/C14H22FNO3/c1-17-9-7-16-11-12-4-5-13(18-2)10-14(12)19-8-3-6-15/h4-5,10,16H,3,6-9,11H2,1-2H3. The van der Waals surface area contributed by atoms with Gasteiger partial charge in [-0.05, 0) is 6.07 Å². The zero-order chi connectivity index (χ0) is 13.9. The highest BCUT2D eigenvalue weighted by molar-refractivity contribution is 5.40. The van der Waals surface area contributed by atoms with Crippen LogP contribution in [-0.4, -0.2) is 40.7 Å². The quantitative estimate of drug-likeness (QED) is 0.662. The number of benzene rings is 1. The highest BCUT2D eigenvalue weighted by Gasteiger charge is 2.06. The number of halogens is 1. The van der Waals surface area contributed by atoms with Crippen molar-refractivity contribution in [2.45, 2.75) is 13.0 Å². The minimum atomic E-state index is -0.370. The number of methoxy groups -OCH3 is 2. The fourth-order valence-corrected chi connectivity index (χ4v) is 1.58. The monoisotopic (exact) mass is 271 g/mol. The molecule has 0 aliphatic heterocycles. The Bertz CT molecular complexity index is 361. The Morgan fingerprint density at radius 3 is 2.74 bits per heavy atom. The first-order chi connectivity index (χ1) is 9.31. The SMILES string of the molecule is COCCNCc1ccc(OC)cc1OCCCF. The third kappa shape index (κ3) is 5.89. The fraction of sp³-hybridized carbons (Fsp3) is 0.571. The Kier molecular flexibility index (Phi) is 7.93. The van der Waals surface area contributed by atoms with Crippen molar-refractivity contribution in [3.63, 3.8) is 0 Å². The molecule has 108 valence electrons. The molecule has 0 bridgehead atoms. The molecule has 0 saturated carbocycles. The van der Waals surface area contributed by atoms with Crippen LogP contribution in [0.1, 0.15) is 12.0 Å². The van der Waals surface area contributed by atoms with Crippen molar-refractivity contribution < 1.29 is 18.6 Å². The van der Waals surface area contributed by atoms with Crippen molar-refractivity contribution in [1.82, 2.24) is 5.32 Å². The molecule has 0 heterocycles. The van der Waals surface area contributed by atoms with Crippen LogP contribution in [0.3, 0.4) is 0 Å². The largest absolute Gasteiger partial charge is 0.497 e. The molecule has 0 spiro atoms. The third-order valence-corrected chi connectivity index (χ3v) is 2.61. The molecule has 0 aliphatic carbocycles. The van der Waals surface area contributed by atoms with Crippen LogP contribution in [0, 0.1) is 0 Å². The molecule has 0 atom stereocenters. The van der Waals surface area contributed by atoms with E-state index in [2.05, 4.69) is 5.32 Å². The molecule has 0 aromatic heterocycles. The van der Waals surface area contributed by atoms with Gasteiger partial charge in [0.2, 0.25) is 0 Å². The molecule has 0 aliphatic rings. The molecule has 19 heavy (non-hydrogen) atoms. The first-order valence-corrected chi connectivity index (χ1v) is 6.37. The molecule has 4 nitrogen and oxygen atoms in total. The zero-order valence-electron chi connectivity index (χ0n) is 11.6. The van der Waals surface area contributed by atoms with Crippen LogP contribution in [0.5, 0.6) is 11.5 Å². The highest BCUT2D eigenvalue weighted by Crippen LogP contribution is 2.25. The van der Waals surface area contributed by atoms with E-state index >= 15 is 0 Å². The van der Waals surface area contributed by atoms with Crippen LogP contribution in [0.2, 0.25) is 0 Å². The molecule has 1 rings (SSSR count). The topological polar surface area (TPSA) is 39.7 Å². The summed E-state index contributed by atoms with van der Waals surface area (Å²) in [6.07, 6.45) is 0.397. The molecule has 5 heteroatoms. The third-order valence-electron chi connectivity index (χ3n) is 2.61. The van der Waals surface area contributed by atoms with Gasteiger partial charge in [-0.25, -0.2) is 0 Å². The number of hydrogen-bond acceptors (Lipinski definition) is 4. The van der Waals surface area contributed by atoms with Gasteiger partial charge in [0.25, 0.3) is 0 Å². The van der Waals surface area contributed by atoms with Crippen LogP contribution in [0.25, 0.3) is 0 Å². The molecule has 0 radical (unpaired) electrons. The van der Waals surface area contributed by atoms with Gasteiger partial charge >= 0.3 is 0 Å². The molecule has 0 amide bonds. The molecule has 0 saturated heterocycles. The van der Waals surface area contributed by atoms with Gasteiger partial charge in [-0.2, -0.15) is 0 Å². The van der Waals surface area contributed by atoms with Crippen molar-refractivity contribution >= 4 is 0 Å². The van der Waals surface area contributed by atoms with E-state index in [1.165, 1.54) is 0 Å². The lowest BCUT2D eigenvalue weighted by Crippen LogP contribution is -2.19. The van der Waals surface area contributed by atoms with Gasteiger partial charge in [-0.3, -0.25) is 4.39 Å². The highest BCUT2D eigenvalue weighted by atomic mass is 19.1. The fourth-order valence-electron chi connectivity index (χ4n) is 1.58. The van der Waals surface area contributed by atoms with E-state index in [-0.39, 0.29) is 6.67 Å². The van der Waals surface area contributed by atoms with Gasteiger partial charge in [0.1, 0.15) is 11.5 Å². The van der Waals surface area contributed by atoms with Gasteiger partial charge < -0.3 is 19.5 Å². The van der Waals surface area contributed by atoms with Gasteiger partial charge in [0.05, 0.1) is 27.0 Å². The summed E-state index contributed by atoms with van der Waals surface area (Å²) in [6, 6.07) is 5.66. The summed E-state index contributed by atoms with van der Waals surface area (Å²) in [4.78, 5) is 0. The lowest BCUT2D eigenvalue weighted by atomic mass is 10.2. The average molecular weight is 271 g/mol. The van der Waals surface area contributed by atoms with Crippen molar-refractivity contribution in [3.8, 4) is 11.5 Å². The van der Waals surface area contributed by atoms with Gasteiger partial charge in [-0.15, -0.1) is 0 Å².